The van der Waals surface area contributed by atoms with Crippen molar-refractivity contribution in [3.05, 3.63) is 59.7 Å². The molecule has 2 aromatic rings. The standard InChI is InChI=1S/C17H19F2N3O3S/c1-11(12-3-6-14(7-4-12)26(20,24)25)22(2)10-17(23)21-16-8-5-13(18)9-15(16)19/h3-9,11H,10H2,1-2H3,(H,21,23)(H2,20,24,25). The Hall–Kier alpha value is -2.36. The van der Waals surface area contributed by atoms with Crippen LogP contribution in [0.15, 0.2) is 47.4 Å². The molecule has 140 valence electrons. The number of sulfonamides is 1. The molecule has 1 atom stereocenters. The Labute approximate surface area is 150 Å². The first-order chi connectivity index (χ1) is 12.1. The highest BCUT2D eigenvalue weighted by Crippen LogP contribution is 2.21. The van der Waals surface area contributed by atoms with Gasteiger partial charge >= 0.3 is 0 Å². The van der Waals surface area contributed by atoms with Crippen LogP contribution >= 0.6 is 0 Å². The number of anilines is 1. The van der Waals surface area contributed by atoms with Crippen LogP contribution in [0.5, 0.6) is 0 Å². The van der Waals surface area contributed by atoms with E-state index >= 15 is 0 Å². The van der Waals surface area contributed by atoms with Crippen molar-refractivity contribution in [2.24, 2.45) is 5.14 Å². The van der Waals surface area contributed by atoms with Gasteiger partial charge in [-0.25, -0.2) is 22.3 Å². The summed E-state index contributed by atoms with van der Waals surface area (Å²) in [5, 5.41) is 7.44. The lowest BCUT2D eigenvalue weighted by Gasteiger charge is -2.24. The summed E-state index contributed by atoms with van der Waals surface area (Å²) in [6, 6.07) is 8.68. The number of halogens is 2. The first kappa shape index (κ1) is 20.0. The molecule has 0 heterocycles. The number of benzene rings is 2. The Kier molecular flexibility index (Phi) is 6.06. The van der Waals surface area contributed by atoms with Crippen LogP contribution < -0.4 is 10.5 Å². The van der Waals surface area contributed by atoms with E-state index in [2.05, 4.69) is 5.32 Å². The van der Waals surface area contributed by atoms with Gasteiger partial charge in [-0.05, 0) is 43.8 Å². The molecule has 0 aliphatic heterocycles. The van der Waals surface area contributed by atoms with Gasteiger partial charge < -0.3 is 5.32 Å². The summed E-state index contributed by atoms with van der Waals surface area (Å²) in [5.74, 6) is -2.05. The van der Waals surface area contributed by atoms with Crippen molar-refractivity contribution in [3.8, 4) is 0 Å². The normalized spacial score (nSPS) is 12.8. The largest absolute Gasteiger partial charge is 0.322 e. The zero-order valence-electron chi connectivity index (χ0n) is 14.2. The molecule has 0 radical (unpaired) electrons. The van der Waals surface area contributed by atoms with E-state index < -0.39 is 27.6 Å². The molecule has 0 spiro atoms. The SMILES string of the molecule is CC(c1ccc(S(N)(=O)=O)cc1)N(C)CC(=O)Nc1ccc(F)cc1F. The maximum Gasteiger partial charge on any atom is 0.238 e. The van der Waals surface area contributed by atoms with Gasteiger partial charge in [0.1, 0.15) is 11.6 Å². The zero-order chi connectivity index (χ0) is 19.5. The van der Waals surface area contributed by atoms with Crippen LogP contribution in [0.25, 0.3) is 0 Å². The smallest absolute Gasteiger partial charge is 0.238 e. The van der Waals surface area contributed by atoms with E-state index in [1.54, 1.807) is 24.1 Å². The topological polar surface area (TPSA) is 92.5 Å². The summed E-state index contributed by atoms with van der Waals surface area (Å²) >= 11 is 0. The maximum absolute atomic E-state index is 13.6. The van der Waals surface area contributed by atoms with Gasteiger partial charge in [-0.3, -0.25) is 9.69 Å². The number of likely N-dealkylation sites (N-methyl/N-ethyl adjacent to an activating group) is 1. The van der Waals surface area contributed by atoms with Gasteiger partial charge in [-0.1, -0.05) is 12.1 Å². The molecule has 0 aromatic heterocycles. The molecule has 2 rings (SSSR count). The number of amides is 1. The number of nitrogens with two attached hydrogens (primary N) is 1. The molecule has 3 N–H and O–H groups in total. The molecular formula is C17H19F2N3O3S. The molecule has 0 saturated heterocycles. The molecular weight excluding hydrogens is 364 g/mol. The summed E-state index contributed by atoms with van der Waals surface area (Å²) in [5.41, 5.74) is 0.677. The molecule has 26 heavy (non-hydrogen) atoms. The Morgan fingerprint density at radius 3 is 2.35 bits per heavy atom. The third-order valence-electron chi connectivity index (χ3n) is 3.95. The minimum Gasteiger partial charge on any atom is -0.322 e. The summed E-state index contributed by atoms with van der Waals surface area (Å²) < 4.78 is 49.0. The van der Waals surface area contributed by atoms with Crippen LogP contribution in [-0.2, 0) is 14.8 Å². The number of rotatable bonds is 6. The van der Waals surface area contributed by atoms with Gasteiger partial charge in [-0.15, -0.1) is 0 Å². The van der Waals surface area contributed by atoms with E-state index in [4.69, 9.17) is 5.14 Å². The summed E-state index contributed by atoms with van der Waals surface area (Å²) in [6.45, 7) is 1.78. The number of primary sulfonamides is 1. The van der Waals surface area contributed by atoms with E-state index in [9.17, 15) is 22.0 Å². The minimum absolute atomic E-state index is 0.000584. The summed E-state index contributed by atoms with van der Waals surface area (Å²) in [7, 11) is -2.07. The molecule has 9 heteroatoms. The Morgan fingerprint density at radius 2 is 1.81 bits per heavy atom. The first-order valence-corrected chi connectivity index (χ1v) is 9.20. The molecule has 0 aliphatic carbocycles. The van der Waals surface area contributed by atoms with Crippen LogP contribution in [-0.4, -0.2) is 32.8 Å². The monoisotopic (exact) mass is 383 g/mol. The average Bonchev–Trinajstić information content (AvgIpc) is 2.56. The second-order valence-electron chi connectivity index (χ2n) is 5.88. The average molecular weight is 383 g/mol. The van der Waals surface area contributed by atoms with Gasteiger partial charge in [0.2, 0.25) is 15.9 Å². The third-order valence-corrected chi connectivity index (χ3v) is 4.88. The van der Waals surface area contributed by atoms with Crippen molar-refractivity contribution < 1.29 is 22.0 Å². The molecule has 6 nitrogen and oxygen atoms in total. The van der Waals surface area contributed by atoms with Crippen molar-refractivity contribution in [2.45, 2.75) is 17.9 Å². The van der Waals surface area contributed by atoms with Gasteiger partial charge in [0.25, 0.3) is 0 Å². The highest BCUT2D eigenvalue weighted by Gasteiger charge is 2.17. The van der Waals surface area contributed by atoms with Crippen molar-refractivity contribution in [1.82, 2.24) is 4.90 Å². The Bertz CT molecular complexity index is 902. The number of carbonyl (C=O) groups excluding carboxylic acids is 1. The van der Waals surface area contributed by atoms with Gasteiger partial charge in [0.05, 0.1) is 17.1 Å². The van der Waals surface area contributed by atoms with Crippen LogP contribution in [0.2, 0.25) is 0 Å². The number of nitrogens with one attached hydrogen (secondary N) is 1. The minimum atomic E-state index is -3.77. The van der Waals surface area contributed by atoms with Gasteiger partial charge in [0.15, 0.2) is 0 Å². The number of carbonyl (C=O) groups is 1. The Morgan fingerprint density at radius 1 is 1.19 bits per heavy atom. The van der Waals surface area contributed by atoms with Crippen LogP contribution in [0.3, 0.4) is 0 Å². The zero-order valence-corrected chi connectivity index (χ0v) is 15.1. The van der Waals surface area contributed by atoms with Crippen molar-refractivity contribution in [2.75, 3.05) is 18.9 Å². The van der Waals surface area contributed by atoms with Crippen molar-refractivity contribution in [1.29, 1.82) is 0 Å². The fourth-order valence-electron chi connectivity index (χ4n) is 2.33. The predicted molar refractivity (Wildman–Crippen MR) is 93.8 cm³/mol. The van der Waals surface area contributed by atoms with Crippen LogP contribution in [0.1, 0.15) is 18.5 Å². The van der Waals surface area contributed by atoms with Crippen molar-refractivity contribution >= 4 is 21.6 Å². The molecule has 1 unspecified atom stereocenters. The number of hydrogen-bond donors (Lipinski definition) is 2. The number of hydrogen-bond acceptors (Lipinski definition) is 4. The molecule has 2 aromatic carbocycles. The summed E-state index contributed by atoms with van der Waals surface area (Å²) in [4.78, 5) is 13.8. The maximum atomic E-state index is 13.6. The Balaban J connectivity index is 2.01. The fraction of sp³-hybridized carbons (Fsp3) is 0.235. The predicted octanol–water partition coefficient (Wildman–Crippen LogP) is 2.24. The quantitative estimate of drug-likeness (QED) is 0.800. The van der Waals surface area contributed by atoms with Gasteiger partial charge in [-0.2, -0.15) is 0 Å². The van der Waals surface area contributed by atoms with E-state index in [1.165, 1.54) is 12.1 Å². The summed E-state index contributed by atoms with van der Waals surface area (Å²) in [6.07, 6.45) is 0. The lowest BCUT2D eigenvalue weighted by Crippen LogP contribution is -2.32. The molecule has 1 amide bonds. The highest BCUT2D eigenvalue weighted by molar-refractivity contribution is 7.89. The molecule has 0 bridgehead atoms. The highest BCUT2D eigenvalue weighted by atomic mass is 32.2. The number of nitrogens with zero attached hydrogens (tertiary/aromatic N) is 1. The van der Waals surface area contributed by atoms with E-state index in [1.807, 2.05) is 6.92 Å². The second kappa shape index (κ2) is 7.90. The van der Waals surface area contributed by atoms with E-state index in [0.717, 1.165) is 17.7 Å². The van der Waals surface area contributed by atoms with E-state index in [0.29, 0.717) is 6.07 Å². The van der Waals surface area contributed by atoms with Gasteiger partial charge in [0, 0.05) is 12.1 Å². The molecule has 0 saturated carbocycles. The lowest BCUT2D eigenvalue weighted by atomic mass is 10.1. The van der Waals surface area contributed by atoms with Crippen LogP contribution in [0.4, 0.5) is 14.5 Å². The first-order valence-electron chi connectivity index (χ1n) is 7.66. The lowest BCUT2D eigenvalue weighted by molar-refractivity contribution is -0.117. The second-order valence-corrected chi connectivity index (χ2v) is 7.44. The fourth-order valence-corrected chi connectivity index (χ4v) is 2.85. The van der Waals surface area contributed by atoms with Crippen LogP contribution in [0, 0.1) is 11.6 Å². The molecule has 0 fully saturated rings. The molecule has 0 aliphatic rings. The van der Waals surface area contributed by atoms with Crippen molar-refractivity contribution in [3.63, 3.8) is 0 Å². The third kappa shape index (κ3) is 5.07. The van der Waals surface area contributed by atoms with E-state index in [-0.39, 0.29) is 23.2 Å².